The van der Waals surface area contributed by atoms with Gasteiger partial charge in [0.15, 0.2) is 0 Å². The molecule has 0 aliphatic carbocycles. The van der Waals surface area contributed by atoms with Gasteiger partial charge < -0.3 is 15.8 Å². The van der Waals surface area contributed by atoms with Crippen molar-refractivity contribution < 1.29 is 9.53 Å². The summed E-state index contributed by atoms with van der Waals surface area (Å²) < 4.78 is 6.79. The number of anilines is 3. The smallest absolute Gasteiger partial charge is 0.340 e. The average Bonchev–Trinajstić information content (AvgIpc) is 2.81. The number of esters is 1. The second-order valence-corrected chi connectivity index (χ2v) is 4.63. The quantitative estimate of drug-likeness (QED) is 0.652. The highest BCUT2D eigenvalue weighted by atomic mass is 16.5. The van der Waals surface area contributed by atoms with E-state index in [4.69, 9.17) is 10.5 Å². The van der Waals surface area contributed by atoms with E-state index in [1.807, 2.05) is 20.2 Å². The van der Waals surface area contributed by atoms with Gasteiger partial charge >= 0.3 is 5.97 Å². The van der Waals surface area contributed by atoms with Crippen LogP contribution in [0, 0.1) is 0 Å². The number of nitrogen functional groups attached to an aromatic ring is 1. The molecule has 0 aliphatic heterocycles. The van der Waals surface area contributed by atoms with Gasteiger partial charge in [0, 0.05) is 13.2 Å². The van der Waals surface area contributed by atoms with Crippen LogP contribution in [-0.2, 0) is 18.2 Å². The molecule has 21 heavy (non-hydrogen) atoms. The summed E-state index contributed by atoms with van der Waals surface area (Å²) in [4.78, 5) is 12.0. The lowest BCUT2D eigenvalue weighted by Crippen LogP contribution is -2.10. The molecule has 0 unspecified atom stereocenters. The summed E-state index contributed by atoms with van der Waals surface area (Å²) in [5.74, 6) is -0.394. The second-order valence-electron chi connectivity index (χ2n) is 4.63. The first-order valence-electron chi connectivity index (χ1n) is 6.92. The lowest BCUT2D eigenvalue weighted by atomic mass is 10.1. The Kier molecular flexibility index (Phi) is 4.47. The maximum Gasteiger partial charge on any atom is 0.340 e. The van der Waals surface area contributed by atoms with Gasteiger partial charge in [0.1, 0.15) is 0 Å². The van der Waals surface area contributed by atoms with Crippen molar-refractivity contribution >= 4 is 23.0 Å². The van der Waals surface area contributed by atoms with Crippen molar-refractivity contribution in [3.05, 3.63) is 35.7 Å². The van der Waals surface area contributed by atoms with Crippen molar-refractivity contribution in [1.29, 1.82) is 0 Å². The third-order valence-corrected chi connectivity index (χ3v) is 3.09. The molecular formula is C15H20N4O2. The molecule has 6 nitrogen and oxygen atoms in total. The SMILES string of the molecule is CCOC(=O)c1cccc(N)c1Nc1cn(C)nc1CC. The van der Waals surface area contributed by atoms with Crippen LogP contribution >= 0.6 is 0 Å². The van der Waals surface area contributed by atoms with Crippen LogP contribution in [0.5, 0.6) is 0 Å². The first kappa shape index (κ1) is 14.9. The monoisotopic (exact) mass is 288 g/mol. The summed E-state index contributed by atoms with van der Waals surface area (Å²) >= 11 is 0. The van der Waals surface area contributed by atoms with Crippen LogP contribution in [0.3, 0.4) is 0 Å². The van der Waals surface area contributed by atoms with Crippen molar-refractivity contribution in [1.82, 2.24) is 9.78 Å². The molecule has 0 amide bonds. The minimum Gasteiger partial charge on any atom is -0.462 e. The van der Waals surface area contributed by atoms with Crippen LogP contribution in [-0.4, -0.2) is 22.4 Å². The van der Waals surface area contributed by atoms with Crippen LogP contribution in [0.1, 0.15) is 29.9 Å². The van der Waals surface area contributed by atoms with E-state index in [0.29, 0.717) is 23.5 Å². The number of para-hydroxylation sites is 1. The average molecular weight is 288 g/mol. The summed E-state index contributed by atoms with van der Waals surface area (Å²) in [6.07, 6.45) is 2.64. The number of benzene rings is 1. The highest BCUT2D eigenvalue weighted by Gasteiger charge is 2.16. The molecule has 0 spiro atoms. The summed E-state index contributed by atoms with van der Waals surface area (Å²) in [6, 6.07) is 5.17. The molecule has 0 saturated heterocycles. The van der Waals surface area contributed by atoms with Gasteiger partial charge in [-0.15, -0.1) is 0 Å². The summed E-state index contributed by atoms with van der Waals surface area (Å²) in [5.41, 5.74) is 9.22. The molecule has 0 saturated carbocycles. The number of aryl methyl sites for hydroxylation is 2. The topological polar surface area (TPSA) is 82.2 Å². The highest BCUT2D eigenvalue weighted by Crippen LogP contribution is 2.29. The van der Waals surface area contributed by atoms with Crippen molar-refractivity contribution in [3.8, 4) is 0 Å². The van der Waals surface area contributed by atoms with Gasteiger partial charge in [-0.2, -0.15) is 5.10 Å². The molecule has 3 N–H and O–H groups in total. The van der Waals surface area contributed by atoms with E-state index < -0.39 is 5.97 Å². The summed E-state index contributed by atoms with van der Waals surface area (Å²) in [7, 11) is 1.85. The van der Waals surface area contributed by atoms with Gasteiger partial charge in [-0.3, -0.25) is 4.68 Å². The van der Waals surface area contributed by atoms with Crippen LogP contribution in [0.4, 0.5) is 17.1 Å². The molecule has 6 heteroatoms. The predicted molar refractivity (Wildman–Crippen MR) is 82.7 cm³/mol. The Morgan fingerprint density at radius 2 is 2.19 bits per heavy atom. The van der Waals surface area contributed by atoms with E-state index in [2.05, 4.69) is 10.4 Å². The lowest BCUT2D eigenvalue weighted by Gasteiger charge is -2.13. The van der Waals surface area contributed by atoms with Crippen LogP contribution < -0.4 is 11.1 Å². The van der Waals surface area contributed by atoms with Gasteiger partial charge in [-0.05, 0) is 25.5 Å². The van der Waals surface area contributed by atoms with Gasteiger partial charge in [0.05, 0.1) is 34.9 Å². The number of aromatic nitrogens is 2. The molecule has 1 heterocycles. The number of nitrogens with zero attached hydrogens (tertiary/aromatic N) is 2. The van der Waals surface area contributed by atoms with E-state index in [1.54, 1.807) is 29.8 Å². The van der Waals surface area contributed by atoms with E-state index in [0.717, 1.165) is 17.8 Å². The molecule has 1 aromatic carbocycles. The predicted octanol–water partition coefficient (Wildman–Crippen LogP) is 2.49. The van der Waals surface area contributed by atoms with E-state index >= 15 is 0 Å². The summed E-state index contributed by atoms with van der Waals surface area (Å²) in [6.45, 7) is 4.11. The highest BCUT2D eigenvalue weighted by molar-refractivity contribution is 6.00. The zero-order valence-corrected chi connectivity index (χ0v) is 12.5. The van der Waals surface area contributed by atoms with Gasteiger partial charge in [-0.1, -0.05) is 13.0 Å². The number of nitrogens with two attached hydrogens (primary N) is 1. The minimum absolute atomic E-state index is 0.320. The number of carbonyl (C=O) groups excluding carboxylic acids is 1. The Balaban J connectivity index is 2.41. The van der Waals surface area contributed by atoms with Crippen molar-refractivity contribution in [3.63, 3.8) is 0 Å². The molecule has 2 aromatic rings. The maximum absolute atomic E-state index is 12.0. The Labute approximate surface area is 123 Å². The van der Waals surface area contributed by atoms with Crippen molar-refractivity contribution in [2.75, 3.05) is 17.7 Å². The minimum atomic E-state index is -0.394. The molecule has 2 rings (SSSR count). The molecule has 0 bridgehead atoms. The normalized spacial score (nSPS) is 10.4. The standard InChI is InChI=1S/C15H20N4O2/c1-4-12-13(9-19(3)18-12)17-14-10(15(20)21-5-2)7-6-8-11(14)16/h6-9,17H,4-5,16H2,1-3H3. The number of hydrogen-bond donors (Lipinski definition) is 2. The number of ether oxygens (including phenoxy) is 1. The zero-order chi connectivity index (χ0) is 15.4. The van der Waals surface area contributed by atoms with Crippen LogP contribution in [0.2, 0.25) is 0 Å². The van der Waals surface area contributed by atoms with E-state index in [9.17, 15) is 4.79 Å². The van der Waals surface area contributed by atoms with Crippen molar-refractivity contribution in [2.45, 2.75) is 20.3 Å². The Hall–Kier alpha value is -2.50. The van der Waals surface area contributed by atoms with Gasteiger partial charge in [-0.25, -0.2) is 4.79 Å². The van der Waals surface area contributed by atoms with Crippen molar-refractivity contribution in [2.24, 2.45) is 7.05 Å². The number of nitrogens with one attached hydrogen (secondary N) is 1. The Bertz CT molecular complexity index is 649. The fourth-order valence-corrected chi connectivity index (χ4v) is 2.12. The first-order valence-corrected chi connectivity index (χ1v) is 6.92. The molecular weight excluding hydrogens is 268 g/mol. The third kappa shape index (κ3) is 3.16. The molecule has 1 aromatic heterocycles. The number of hydrogen-bond acceptors (Lipinski definition) is 5. The summed E-state index contributed by atoms with van der Waals surface area (Å²) in [5, 5.41) is 7.57. The number of carbonyl (C=O) groups is 1. The van der Waals surface area contributed by atoms with Gasteiger partial charge in [0.2, 0.25) is 0 Å². The molecule has 0 fully saturated rings. The third-order valence-electron chi connectivity index (χ3n) is 3.09. The lowest BCUT2D eigenvalue weighted by molar-refractivity contribution is 0.0527. The Morgan fingerprint density at radius 1 is 1.43 bits per heavy atom. The fraction of sp³-hybridized carbons (Fsp3) is 0.333. The molecule has 0 radical (unpaired) electrons. The first-order chi connectivity index (χ1) is 10.1. The van der Waals surface area contributed by atoms with Gasteiger partial charge in [0.25, 0.3) is 0 Å². The largest absolute Gasteiger partial charge is 0.462 e. The molecule has 0 aliphatic rings. The van der Waals surface area contributed by atoms with E-state index in [1.165, 1.54) is 0 Å². The van der Waals surface area contributed by atoms with E-state index in [-0.39, 0.29) is 0 Å². The van der Waals surface area contributed by atoms with Crippen LogP contribution in [0.15, 0.2) is 24.4 Å². The second kappa shape index (κ2) is 6.30. The van der Waals surface area contributed by atoms with Crippen LogP contribution in [0.25, 0.3) is 0 Å². The molecule has 0 atom stereocenters. The fourth-order valence-electron chi connectivity index (χ4n) is 2.12. The molecule has 112 valence electrons. The zero-order valence-electron chi connectivity index (χ0n) is 12.5. The maximum atomic E-state index is 12.0. The Morgan fingerprint density at radius 3 is 2.86 bits per heavy atom. The number of rotatable bonds is 5.